The zero-order valence-corrected chi connectivity index (χ0v) is 16.3. The molecule has 0 aromatic heterocycles. The Kier molecular flexibility index (Phi) is 5.67. The molecule has 2 aromatic carbocycles. The monoisotopic (exact) mass is 399 g/mol. The summed E-state index contributed by atoms with van der Waals surface area (Å²) in [6.07, 6.45) is 0.0279. The minimum absolute atomic E-state index is 0.0279. The minimum Gasteiger partial charge on any atom is -0.497 e. The molecule has 0 aliphatic carbocycles. The molecule has 0 saturated carbocycles. The lowest BCUT2D eigenvalue weighted by molar-refractivity contribution is -0.384. The number of hydrogen-bond acceptors (Lipinski definition) is 6. The number of benzene rings is 2. The quantitative estimate of drug-likeness (QED) is 0.591. The molecule has 9 heteroatoms. The van der Waals surface area contributed by atoms with E-state index in [4.69, 9.17) is 9.47 Å². The molecular formula is C20H21N3O6. The van der Waals surface area contributed by atoms with Crippen LogP contribution in [-0.2, 0) is 9.59 Å². The number of methoxy groups -OCH3 is 2. The maximum atomic E-state index is 12.7. The molecule has 2 amide bonds. The fraction of sp³-hybridized carbons (Fsp3) is 0.300. The summed E-state index contributed by atoms with van der Waals surface area (Å²) in [6.45, 7) is 1.91. The molecule has 1 aliphatic heterocycles. The first kappa shape index (κ1) is 20.1. The third-order valence-corrected chi connectivity index (χ3v) is 4.86. The molecule has 0 bridgehead atoms. The Morgan fingerprint density at radius 1 is 1.21 bits per heavy atom. The summed E-state index contributed by atoms with van der Waals surface area (Å²) in [5.41, 5.74) is 1.46. The number of carbonyl (C=O) groups is 2. The first-order valence-electron chi connectivity index (χ1n) is 8.92. The highest BCUT2D eigenvalue weighted by Crippen LogP contribution is 2.36. The number of amides is 2. The third-order valence-electron chi connectivity index (χ3n) is 4.86. The lowest BCUT2D eigenvalue weighted by Gasteiger charge is -2.20. The molecule has 9 nitrogen and oxygen atoms in total. The van der Waals surface area contributed by atoms with Gasteiger partial charge in [-0.3, -0.25) is 19.7 Å². The Bertz CT molecular complexity index is 975. The number of carbonyl (C=O) groups excluding carboxylic acids is 2. The number of rotatable bonds is 6. The molecule has 29 heavy (non-hydrogen) atoms. The van der Waals surface area contributed by atoms with E-state index in [1.165, 1.54) is 31.3 Å². The van der Waals surface area contributed by atoms with E-state index < -0.39 is 10.8 Å². The zero-order valence-electron chi connectivity index (χ0n) is 16.3. The van der Waals surface area contributed by atoms with Crippen LogP contribution in [0, 0.1) is 23.0 Å². The smallest absolute Gasteiger partial charge is 0.271 e. The van der Waals surface area contributed by atoms with Crippen LogP contribution in [0.25, 0.3) is 0 Å². The first-order chi connectivity index (χ1) is 13.8. The Morgan fingerprint density at radius 3 is 2.62 bits per heavy atom. The van der Waals surface area contributed by atoms with Crippen molar-refractivity contribution in [3.8, 4) is 11.5 Å². The molecule has 2 aromatic rings. The van der Waals surface area contributed by atoms with Gasteiger partial charge in [0.1, 0.15) is 11.5 Å². The Hall–Kier alpha value is -3.62. The van der Waals surface area contributed by atoms with Crippen molar-refractivity contribution in [3.63, 3.8) is 0 Å². The summed E-state index contributed by atoms with van der Waals surface area (Å²) >= 11 is 0. The van der Waals surface area contributed by atoms with E-state index in [0.717, 1.165) is 0 Å². The van der Waals surface area contributed by atoms with Gasteiger partial charge in [0, 0.05) is 31.2 Å². The Labute approximate surface area is 167 Å². The molecule has 0 unspecified atom stereocenters. The average Bonchev–Trinajstić information content (AvgIpc) is 3.10. The molecule has 0 radical (unpaired) electrons. The van der Waals surface area contributed by atoms with E-state index in [0.29, 0.717) is 28.4 Å². The van der Waals surface area contributed by atoms with Crippen molar-refractivity contribution in [2.75, 3.05) is 31.0 Å². The largest absolute Gasteiger partial charge is 0.497 e. The van der Waals surface area contributed by atoms with Crippen LogP contribution in [0.15, 0.2) is 36.4 Å². The molecule has 0 spiro atoms. The fourth-order valence-electron chi connectivity index (χ4n) is 3.22. The van der Waals surface area contributed by atoms with Crippen LogP contribution in [0.2, 0.25) is 0 Å². The summed E-state index contributed by atoms with van der Waals surface area (Å²) in [5.74, 6) is -0.126. The highest BCUT2D eigenvalue weighted by atomic mass is 16.6. The first-order valence-corrected chi connectivity index (χ1v) is 8.92. The second kappa shape index (κ2) is 8.17. The van der Waals surface area contributed by atoms with Gasteiger partial charge in [0.05, 0.1) is 36.4 Å². The van der Waals surface area contributed by atoms with Gasteiger partial charge in [-0.05, 0) is 24.6 Å². The predicted octanol–water partition coefficient (Wildman–Crippen LogP) is 2.91. The van der Waals surface area contributed by atoms with Gasteiger partial charge >= 0.3 is 0 Å². The van der Waals surface area contributed by atoms with Crippen LogP contribution in [0.5, 0.6) is 11.5 Å². The van der Waals surface area contributed by atoms with Crippen LogP contribution < -0.4 is 19.7 Å². The van der Waals surface area contributed by atoms with Gasteiger partial charge in [-0.2, -0.15) is 0 Å². The van der Waals surface area contributed by atoms with Gasteiger partial charge in [0.25, 0.3) is 5.69 Å². The summed E-state index contributed by atoms with van der Waals surface area (Å²) in [6, 6.07) is 9.36. The summed E-state index contributed by atoms with van der Waals surface area (Å²) in [7, 11) is 3.02. The van der Waals surface area contributed by atoms with Crippen molar-refractivity contribution in [3.05, 3.63) is 52.1 Å². The van der Waals surface area contributed by atoms with Gasteiger partial charge in [0.15, 0.2) is 0 Å². The minimum atomic E-state index is -0.600. The summed E-state index contributed by atoms with van der Waals surface area (Å²) < 4.78 is 10.6. The SMILES string of the molecule is COc1ccc(OC)c(N2C[C@H](C(=O)Nc3cc([N+](=O)[O-])ccc3C)CC2=O)c1. The molecular weight excluding hydrogens is 378 g/mol. The van der Waals surface area contributed by atoms with Gasteiger partial charge in [-0.15, -0.1) is 0 Å². The number of nitro benzene ring substituents is 1. The summed E-state index contributed by atoms with van der Waals surface area (Å²) in [5, 5.41) is 13.7. The maximum absolute atomic E-state index is 12.7. The van der Waals surface area contributed by atoms with Crippen molar-refractivity contribution in [1.29, 1.82) is 0 Å². The van der Waals surface area contributed by atoms with Crippen LogP contribution in [-0.4, -0.2) is 37.5 Å². The summed E-state index contributed by atoms with van der Waals surface area (Å²) in [4.78, 5) is 37.3. The number of anilines is 2. The molecule has 1 fully saturated rings. The Balaban J connectivity index is 1.80. The zero-order chi connectivity index (χ0) is 21.1. The van der Waals surface area contributed by atoms with Crippen LogP contribution in [0.1, 0.15) is 12.0 Å². The number of ether oxygens (including phenoxy) is 2. The molecule has 152 valence electrons. The van der Waals surface area contributed by atoms with Crippen LogP contribution in [0.4, 0.5) is 17.1 Å². The Morgan fingerprint density at radius 2 is 1.97 bits per heavy atom. The number of hydrogen-bond donors (Lipinski definition) is 1. The van der Waals surface area contributed by atoms with E-state index in [2.05, 4.69) is 5.32 Å². The van der Waals surface area contributed by atoms with Gasteiger partial charge in [0.2, 0.25) is 11.8 Å². The maximum Gasteiger partial charge on any atom is 0.271 e. The second-order valence-corrected chi connectivity index (χ2v) is 6.69. The van der Waals surface area contributed by atoms with Crippen molar-refractivity contribution in [2.45, 2.75) is 13.3 Å². The fourth-order valence-corrected chi connectivity index (χ4v) is 3.22. The number of aryl methyl sites for hydroxylation is 1. The molecule has 3 rings (SSSR count). The second-order valence-electron chi connectivity index (χ2n) is 6.69. The number of non-ortho nitro benzene ring substituents is 1. The normalized spacial score (nSPS) is 15.9. The topological polar surface area (TPSA) is 111 Å². The van der Waals surface area contributed by atoms with Crippen molar-refractivity contribution in [1.82, 2.24) is 0 Å². The number of nitrogens with one attached hydrogen (secondary N) is 1. The van der Waals surface area contributed by atoms with E-state index >= 15 is 0 Å². The third kappa shape index (κ3) is 4.13. The predicted molar refractivity (Wildman–Crippen MR) is 106 cm³/mol. The van der Waals surface area contributed by atoms with E-state index in [1.54, 1.807) is 31.2 Å². The molecule has 1 aliphatic rings. The average molecular weight is 399 g/mol. The lowest BCUT2D eigenvalue weighted by Crippen LogP contribution is -2.28. The van der Waals surface area contributed by atoms with E-state index in [1.807, 2.05) is 0 Å². The van der Waals surface area contributed by atoms with Crippen LogP contribution >= 0.6 is 0 Å². The molecule has 1 atom stereocenters. The van der Waals surface area contributed by atoms with Gasteiger partial charge in [-0.1, -0.05) is 6.07 Å². The molecule has 1 heterocycles. The van der Waals surface area contributed by atoms with E-state index in [-0.39, 0.29) is 30.5 Å². The number of nitro groups is 1. The van der Waals surface area contributed by atoms with Crippen molar-refractivity contribution >= 4 is 28.9 Å². The molecule has 1 N–H and O–H groups in total. The van der Waals surface area contributed by atoms with Crippen molar-refractivity contribution in [2.24, 2.45) is 5.92 Å². The highest BCUT2D eigenvalue weighted by Gasteiger charge is 2.36. The number of nitrogens with zero attached hydrogens (tertiary/aromatic N) is 2. The lowest BCUT2D eigenvalue weighted by atomic mass is 10.1. The highest BCUT2D eigenvalue weighted by molar-refractivity contribution is 6.04. The van der Waals surface area contributed by atoms with E-state index in [9.17, 15) is 19.7 Å². The standard InChI is InChI=1S/C20H21N3O6/c1-12-4-5-14(23(26)27)9-16(12)21-20(25)13-8-19(24)22(11-13)17-10-15(28-2)6-7-18(17)29-3/h4-7,9-10,13H,8,11H2,1-3H3,(H,21,25)/t13-/m1/s1. The van der Waals surface area contributed by atoms with Gasteiger partial charge in [-0.25, -0.2) is 0 Å². The van der Waals surface area contributed by atoms with Crippen molar-refractivity contribution < 1.29 is 24.0 Å². The van der Waals surface area contributed by atoms with Gasteiger partial charge < -0.3 is 19.7 Å². The molecule has 1 saturated heterocycles. The van der Waals surface area contributed by atoms with Crippen LogP contribution in [0.3, 0.4) is 0 Å².